The van der Waals surface area contributed by atoms with E-state index >= 15 is 0 Å². The molecule has 3 unspecified atom stereocenters. The van der Waals surface area contributed by atoms with Gasteiger partial charge in [-0.05, 0) is 53.0 Å². The average molecular weight is 312 g/mol. The molecule has 5 nitrogen and oxygen atoms in total. The minimum Gasteiger partial charge on any atom is -0.444 e. The largest absolute Gasteiger partial charge is 0.444 e. The standard InChI is InChI=1S/C17H32N2O3/c1-16(2,3)22-15(21)19-10-6-7-12(19)8-9-18-13-11-14(20)17(13,4)5/h12-14,18,20H,6-11H2,1-5H3. The normalized spacial score (nSPS) is 31.0. The molecule has 0 radical (unpaired) electrons. The van der Waals surface area contributed by atoms with Crippen molar-refractivity contribution in [1.82, 2.24) is 10.2 Å². The average Bonchev–Trinajstić information content (AvgIpc) is 2.84. The molecule has 1 aliphatic carbocycles. The number of hydrogen-bond acceptors (Lipinski definition) is 4. The van der Waals surface area contributed by atoms with E-state index in [9.17, 15) is 9.90 Å². The van der Waals surface area contributed by atoms with Crippen molar-refractivity contribution < 1.29 is 14.6 Å². The lowest BCUT2D eigenvalue weighted by Gasteiger charge is -2.49. The molecule has 0 bridgehead atoms. The maximum absolute atomic E-state index is 12.2. The van der Waals surface area contributed by atoms with E-state index in [0.29, 0.717) is 6.04 Å². The molecule has 1 saturated carbocycles. The highest BCUT2D eigenvalue weighted by atomic mass is 16.6. The van der Waals surface area contributed by atoms with Gasteiger partial charge in [0.25, 0.3) is 0 Å². The molecule has 1 heterocycles. The number of carbonyl (C=O) groups excluding carboxylic acids is 1. The van der Waals surface area contributed by atoms with Gasteiger partial charge in [0, 0.05) is 24.0 Å². The molecule has 2 aliphatic rings. The minimum atomic E-state index is -0.436. The minimum absolute atomic E-state index is 0.0411. The third-order valence-corrected chi connectivity index (χ3v) is 5.09. The number of aliphatic hydroxyl groups is 1. The Balaban J connectivity index is 1.76. The molecule has 1 saturated heterocycles. The Morgan fingerprint density at radius 1 is 1.41 bits per heavy atom. The Morgan fingerprint density at radius 2 is 2.09 bits per heavy atom. The smallest absolute Gasteiger partial charge is 0.410 e. The van der Waals surface area contributed by atoms with Crippen LogP contribution in [0.1, 0.15) is 60.3 Å². The number of rotatable bonds is 4. The van der Waals surface area contributed by atoms with Crippen LogP contribution in [0.4, 0.5) is 4.79 Å². The summed E-state index contributed by atoms with van der Waals surface area (Å²) in [6, 6.07) is 0.648. The van der Waals surface area contributed by atoms with E-state index in [4.69, 9.17) is 4.74 Å². The van der Waals surface area contributed by atoms with Crippen LogP contribution in [-0.4, -0.2) is 53.0 Å². The number of hydrogen-bond donors (Lipinski definition) is 2. The number of likely N-dealkylation sites (tertiary alicyclic amines) is 1. The lowest BCUT2D eigenvalue weighted by Crippen LogP contribution is -2.60. The van der Waals surface area contributed by atoms with E-state index in [1.165, 1.54) is 0 Å². The van der Waals surface area contributed by atoms with Crippen molar-refractivity contribution in [3.05, 3.63) is 0 Å². The van der Waals surface area contributed by atoms with E-state index < -0.39 is 5.60 Å². The number of carbonyl (C=O) groups is 1. The fourth-order valence-corrected chi connectivity index (χ4v) is 3.37. The molecule has 3 atom stereocenters. The van der Waals surface area contributed by atoms with Gasteiger partial charge in [0.1, 0.15) is 5.60 Å². The first kappa shape index (κ1) is 17.5. The fourth-order valence-electron chi connectivity index (χ4n) is 3.37. The molecule has 2 N–H and O–H groups in total. The summed E-state index contributed by atoms with van der Waals surface area (Å²) in [4.78, 5) is 14.1. The summed E-state index contributed by atoms with van der Waals surface area (Å²) < 4.78 is 5.49. The Morgan fingerprint density at radius 3 is 2.64 bits per heavy atom. The van der Waals surface area contributed by atoms with Crippen molar-refractivity contribution in [3.8, 4) is 0 Å². The Kier molecular flexibility index (Phi) is 5.07. The van der Waals surface area contributed by atoms with Crippen LogP contribution in [-0.2, 0) is 4.74 Å². The van der Waals surface area contributed by atoms with Gasteiger partial charge in [0.15, 0.2) is 0 Å². The van der Waals surface area contributed by atoms with Gasteiger partial charge in [-0.15, -0.1) is 0 Å². The van der Waals surface area contributed by atoms with Crippen molar-refractivity contribution in [2.24, 2.45) is 5.41 Å². The highest BCUT2D eigenvalue weighted by Crippen LogP contribution is 2.40. The molecule has 0 aromatic rings. The molecular weight excluding hydrogens is 280 g/mol. The van der Waals surface area contributed by atoms with Crippen molar-refractivity contribution >= 4 is 6.09 Å². The molecule has 0 aromatic carbocycles. The van der Waals surface area contributed by atoms with Crippen LogP contribution < -0.4 is 5.32 Å². The van der Waals surface area contributed by atoms with Crippen LogP contribution in [0.5, 0.6) is 0 Å². The zero-order valence-electron chi connectivity index (χ0n) is 14.7. The summed E-state index contributed by atoms with van der Waals surface area (Å²) in [5.74, 6) is 0. The first-order chi connectivity index (χ1) is 10.1. The molecule has 5 heteroatoms. The fraction of sp³-hybridized carbons (Fsp3) is 0.941. The molecule has 128 valence electrons. The SMILES string of the molecule is CC(C)(C)OC(=O)N1CCCC1CCNC1CC(O)C1(C)C. The lowest BCUT2D eigenvalue weighted by molar-refractivity contribution is -0.0725. The van der Waals surface area contributed by atoms with Gasteiger partial charge in [-0.2, -0.15) is 0 Å². The van der Waals surface area contributed by atoms with Gasteiger partial charge in [0.05, 0.1) is 6.10 Å². The second-order valence-electron chi connectivity index (χ2n) is 8.34. The van der Waals surface area contributed by atoms with Crippen molar-refractivity contribution in [2.45, 2.75) is 84.1 Å². The molecule has 1 amide bonds. The number of aliphatic hydroxyl groups excluding tert-OH is 1. The molecule has 1 aliphatic heterocycles. The molecule has 2 fully saturated rings. The number of amides is 1. The van der Waals surface area contributed by atoms with Gasteiger partial charge < -0.3 is 20.1 Å². The van der Waals surface area contributed by atoms with Gasteiger partial charge >= 0.3 is 6.09 Å². The summed E-state index contributed by atoms with van der Waals surface area (Å²) in [7, 11) is 0. The van der Waals surface area contributed by atoms with E-state index in [2.05, 4.69) is 19.2 Å². The molecule has 22 heavy (non-hydrogen) atoms. The van der Waals surface area contributed by atoms with Gasteiger partial charge in [-0.1, -0.05) is 13.8 Å². The number of nitrogens with one attached hydrogen (secondary N) is 1. The van der Waals surface area contributed by atoms with Crippen LogP contribution >= 0.6 is 0 Å². The van der Waals surface area contributed by atoms with Crippen molar-refractivity contribution in [2.75, 3.05) is 13.1 Å². The van der Waals surface area contributed by atoms with Gasteiger partial charge in [-0.3, -0.25) is 0 Å². The third-order valence-electron chi connectivity index (χ3n) is 5.09. The van der Waals surface area contributed by atoms with E-state index in [0.717, 1.165) is 38.8 Å². The topological polar surface area (TPSA) is 61.8 Å². The van der Waals surface area contributed by atoms with Crippen LogP contribution in [0.15, 0.2) is 0 Å². The van der Waals surface area contributed by atoms with Gasteiger partial charge in [-0.25, -0.2) is 4.79 Å². The highest BCUT2D eigenvalue weighted by Gasteiger charge is 2.46. The maximum atomic E-state index is 12.2. The highest BCUT2D eigenvalue weighted by molar-refractivity contribution is 5.68. The third kappa shape index (κ3) is 3.93. The van der Waals surface area contributed by atoms with Crippen molar-refractivity contribution in [1.29, 1.82) is 0 Å². The monoisotopic (exact) mass is 312 g/mol. The molecule has 0 spiro atoms. The number of ether oxygens (including phenoxy) is 1. The maximum Gasteiger partial charge on any atom is 0.410 e. The van der Waals surface area contributed by atoms with Gasteiger partial charge in [0.2, 0.25) is 0 Å². The van der Waals surface area contributed by atoms with Crippen LogP contribution in [0, 0.1) is 5.41 Å². The zero-order valence-corrected chi connectivity index (χ0v) is 14.7. The zero-order chi connectivity index (χ0) is 16.5. The predicted molar refractivity (Wildman–Crippen MR) is 86.8 cm³/mol. The molecular formula is C17H32N2O3. The Hall–Kier alpha value is -0.810. The number of nitrogens with zero attached hydrogens (tertiary/aromatic N) is 1. The Labute approximate surface area is 134 Å². The Bertz CT molecular complexity index is 403. The molecule has 2 rings (SSSR count). The summed E-state index contributed by atoms with van der Waals surface area (Å²) >= 11 is 0. The van der Waals surface area contributed by atoms with Crippen molar-refractivity contribution in [3.63, 3.8) is 0 Å². The summed E-state index contributed by atoms with van der Waals surface area (Å²) in [6.45, 7) is 11.6. The molecule has 0 aromatic heterocycles. The lowest BCUT2D eigenvalue weighted by atomic mass is 9.64. The second-order valence-corrected chi connectivity index (χ2v) is 8.34. The van der Waals surface area contributed by atoms with Crippen LogP contribution in [0.2, 0.25) is 0 Å². The summed E-state index contributed by atoms with van der Waals surface area (Å²) in [5.41, 5.74) is -0.477. The van der Waals surface area contributed by atoms with Crippen LogP contribution in [0.3, 0.4) is 0 Å². The first-order valence-corrected chi connectivity index (χ1v) is 8.52. The van der Waals surface area contributed by atoms with E-state index in [1.807, 2.05) is 25.7 Å². The van der Waals surface area contributed by atoms with E-state index in [-0.39, 0.29) is 23.7 Å². The predicted octanol–water partition coefficient (Wildman–Crippen LogP) is 2.53. The second kappa shape index (κ2) is 6.36. The van der Waals surface area contributed by atoms with E-state index in [1.54, 1.807) is 0 Å². The summed E-state index contributed by atoms with van der Waals surface area (Å²) in [5, 5.41) is 13.3. The van der Waals surface area contributed by atoms with Crippen LogP contribution in [0.25, 0.3) is 0 Å². The quantitative estimate of drug-likeness (QED) is 0.837. The first-order valence-electron chi connectivity index (χ1n) is 8.52. The summed E-state index contributed by atoms with van der Waals surface area (Å²) in [6.07, 6.45) is 3.49.